The zero-order valence-corrected chi connectivity index (χ0v) is 11.1. The molecule has 2 aromatic rings. The Balaban J connectivity index is 2.43. The highest BCUT2D eigenvalue weighted by Crippen LogP contribution is 2.32. The first kappa shape index (κ1) is 13.1. The lowest BCUT2D eigenvalue weighted by atomic mass is 10.1. The van der Waals surface area contributed by atoms with Gasteiger partial charge in [0, 0.05) is 23.4 Å². The molecule has 0 saturated heterocycles. The van der Waals surface area contributed by atoms with E-state index in [9.17, 15) is 4.79 Å². The van der Waals surface area contributed by atoms with Crippen LogP contribution in [-0.4, -0.2) is 25.0 Å². The fourth-order valence-electron chi connectivity index (χ4n) is 1.77. The quantitative estimate of drug-likeness (QED) is 0.790. The SMILES string of the molecule is COc1ccc(-c2ccc(C(C)=O)cn2)c(OC)c1. The third-order valence-corrected chi connectivity index (χ3v) is 2.85. The van der Waals surface area contributed by atoms with Crippen molar-refractivity contribution in [2.45, 2.75) is 6.92 Å². The second-order valence-corrected chi connectivity index (χ2v) is 4.05. The van der Waals surface area contributed by atoms with Gasteiger partial charge in [-0.05, 0) is 31.2 Å². The van der Waals surface area contributed by atoms with Crippen LogP contribution in [0.4, 0.5) is 0 Å². The van der Waals surface area contributed by atoms with Crippen molar-refractivity contribution in [2.24, 2.45) is 0 Å². The Bertz CT molecular complexity index is 591. The highest BCUT2D eigenvalue weighted by Gasteiger charge is 2.09. The van der Waals surface area contributed by atoms with Crippen molar-refractivity contribution < 1.29 is 14.3 Å². The second kappa shape index (κ2) is 5.52. The van der Waals surface area contributed by atoms with Crippen LogP contribution in [0.1, 0.15) is 17.3 Å². The molecule has 0 fully saturated rings. The molecule has 0 atom stereocenters. The molecule has 1 heterocycles. The summed E-state index contributed by atoms with van der Waals surface area (Å²) in [7, 11) is 3.20. The topological polar surface area (TPSA) is 48.4 Å². The first-order valence-electron chi connectivity index (χ1n) is 5.85. The van der Waals surface area contributed by atoms with Gasteiger partial charge in [-0.15, -0.1) is 0 Å². The van der Waals surface area contributed by atoms with Gasteiger partial charge in [-0.3, -0.25) is 9.78 Å². The maximum atomic E-state index is 11.2. The molecule has 0 bridgehead atoms. The molecule has 0 saturated carbocycles. The van der Waals surface area contributed by atoms with E-state index >= 15 is 0 Å². The number of nitrogens with zero attached hydrogens (tertiary/aromatic N) is 1. The molecule has 4 nitrogen and oxygen atoms in total. The number of rotatable bonds is 4. The van der Waals surface area contributed by atoms with Crippen molar-refractivity contribution in [1.29, 1.82) is 0 Å². The van der Waals surface area contributed by atoms with E-state index in [4.69, 9.17) is 9.47 Å². The molecule has 2 rings (SSSR count). The summed E-state index contributed by atoms with van der Waals surface area (Å²) in [5.41, 5.74) is 2.21. The largest absolute Gasteiger partial charge is 0.497 e. The lowest BCUT2D eigenvalue weighted by molar-refractivity contribution is 0.101. The predicted octanol–water partition coefficient (Wildman–Crippen LogP) is 2.97. The van der Waals surface area contributed by atoms with Gasteiger partial charge in [0.05, 0.1) is 19.9 Å². The van der Waals surface area contributed by atoms with Crippen molar-refractivity contribution in [3.63, 3.8) is 0 Å². The van der Waals surface area contributed by atoms with Crippen LogP contribution in [0.25, 0.3) is 11.3 Å². The summed E-state index contributed by atoms with van der Waals surface area (Å²) in [6.45, 7) is 1.52. The molecular weight excluding hydrogens is 242 g/mol. The minimum absolute atomic E-state index is 0.000691. The van der Waals surface area contributed by atoms with Gasteiger partial charge in [-0.1, -0.05) is 0 Å². The third kappa shape index (κ3) is 2.73. The molecule has 1 aromatic heterocycles. The zero-order valence-electron chi connectivity index (χ0n) is 11.1. The summed E-state index contributed by atoms with van der Waals surface area (Å²) < 4.78 is 10.5. The Labute approximate surface area is 112 Å². The number of benzene rings is 1. The molecule has 1 aromatic carbocycles. The lowest BCUT2D eigenvalue weighted by Crippen LogP contribution is -1.95. The molecule has 0 aliphatic carbocycles. The van der Waals surface area contributed by atoms with Crippen molar-refractivity contribution in [3.8, 4) is 22.8 Å². The molecule has 0 radical (unpaired) electrons. The number of hydrogen-bond acceptors (Lipinski definition) is 4. The molecule has 4 heteroatoms. The normalized spacial score (nSPS) is 10.1. The number of ketones is 1. The van der Waals surface area contributed by atoms with Crippen LogP contribution in [0.3, 0.4) is 0 Å². The Hall–Kier alpha value is -2.36. The Morgan fingerprint density at radius 2 is 1.89 bits per heavy atom. The van der Waals surface area contributed by atoms with Gasteiger partial charge in [-0.25, -0.2) is 0 Å². The molecule has 98 valence electrons. The number of carbonyl (C=O) groups is 1. The van der Waals surface area contributed by atoms with Crippen molar-refractivity contribution >= 4 is 5.78 Å². The van der Waals surface area contributed by atoms with Crippen molar-refractivity contribution in [1.82, 2.24) is 4.98 Å². The maximum absolute atomic E-state index is 11.2. The lowest BCUT2D eigenvalue weighted by Gasteiger charge is -2.10. The molecule has 0 N–H and O–H groups in total. The van der Waals surface area contributed by atoms with Crippen molar-refractivity contribution in [2.75, 3.05) is 14.2 Å². The van der Waals surface area contributed by atoms with Crippen LogP contribution in [0.5, 0.6) is 11.5 Å². The summed E-state index contributed by atoms with van der Waals surface area (Å²) >= 11 is 0. The fourth-order valence-corrected chi connectivity index (χ4v) is 1.77. The monoisotopic (exact) mass is 257 g/mol. The van der Waals surface area contributed by atoms with Crippen LogP contribution >= 0.6 is 0 Å². The highest BCUT2D eigenvalue weighted by atomic mass is 16.5. The Morgan fingerprint density at radius 3 is 2.42 bits per heavy atom. The van der Waals surface area contributed by atoms with Crippen LogP contribution in [0.2, 0.25) is 0 Å². The number of hydrogen-bond donors (Lipinski definition) is 0. The van der Waals surface area contributed by atoms with E-state index in [1.165, 1.54) is 6.92 Å². The minimum atomic E-state index is 0.000691. The molecule has 0 aliphatic rings. The van der Waals surface area contributed by atoms with E-state index in [0.29, 0.717) is 11.3 Å². The third-order valence-electron chi connectivity index (χ3n) is 2.85. The second-order valence-electron chi connectivity index (χ2n) is 4.05. The van der Waals surface area contributed by atoms with E-state index in [-0.39, 0.29) is 5.78 Å². The number of Topliss-reactive ketones (excluding diaryl/α,β-unsaturated/α-hetero) is 1. The fraction of sp³-hybridized carbons (Fsp3) is 0.200. The van der Waals surface area contributed by atoms with Crippen molar-refractivity contribution in [3.05, 3.63) is 42.1 Å². The number of carbonyl (C=O) groups excluding carboxylic acids is 1. The van der Waals surface area contributed by atoms with Gasteiger partial charge < -0.3 is 9.47 Å². The average molecular weight is 257 g/mol. The standard InChI is InChI=1S/C15H15NO3/c1-10(17)11-4-7-14(16-9-11)13-6-5-12(18-2)8-15(13)19-3/h4-9H,1-3H3. The van der Waals surface area contributed by atoms with Gasteiger partial charge in [-0.2, -0.15) is 0 Å². The molecule has 0 spiro atoms. The molecule has 19 heavy (non-hydrogen) atoms. The molecule has 0 unspecified atom stereocenters. The summed E-state index contributed by atoms with van der Waals surface area (Å²) in [5, 5.41) is 0. The maximum Gasteiger partial charge on any atom is 0.161 e. The summed E-state index contributed by atoms with van der Waals surface area (Å²) in [4.78, 5) is 15.5. The first-order valence-corrected chi connectivity index (χ1v) is 5.85. The van der Waals surface area contributed by atoms with E-state index in [1.807, 2.05) is 12.1 Å². The Kier molecular flexibility index (Phi) is 3.80. The number of aromatic nitrogens is 1. The average Bonchev–Trinajstić information content (AvgIpc) is 2.46. The van der Waals surface area contributed by atoms with Gasteiger partial charge >= 0.3 is 0 Å². The van der Waals surface area contributed by atoms with Gasteiger partial charge in [0.1, 0.15) is 11.5 Å². The Morgan fingerprint density at radius 1 is 1.11 bits per heavy atom. The first-order chi connectivity index (χ1) is 9.15. The van der Waals surface area contributed by atoms with Gasteiger partial charge in [0.15, 0.2) is 5.78 Å². The van der Waals surface area contributed by atoms with E-state index in [0.717, 1.165) is 17.0 Å². The molecule has 0 aliphatic heterocycles. The number of methoxy groups -OCH3 is 2. The van der Waals surface area contributed by atoms with Crippen LogP contribution in [0.15, 0.2) is 36.5 Å². The molecular formula is C15H15NO3. The predicted molar refractivity (Wildman–Crippen MR) is 72.8 cm³/mol. The van der Waals surface area contributed by atoms with Crippen LogP contribution in [-0.2, 0) is 0 Å². The van der Waals surface area contributed by atoms with E-state index in [2.05, 4.69) is 4.98 Å². The van der Waals surface area contributed by atoms with Gasteiger partial charge in [0.2, 0.25) is 0 Å². The van der Waals surface area contributed by atoms with Crippen LogP contribution in [0, 0.1) is 0 Å². The van der Waals surface area contributed by atoms with E-state index in [1.54, 1.807) is 38.6 Å². The summed E-state index contributed by atoms with van der Waals surface area (Å²) in [6.07, 6.45) is 1.57. The summed E-state index contributed by atoms with van der Waals surface area (Å²) in [6, 6.07) is 9.09. The molecule has 0 amide bonds. The zero-order chi connectivity index (χ0) is 13.8. The van der Waals surface area contributed by atoms with Gasteiger partial charge in [0.25, 0.3) is 0 Å². The van der Waals surface area contributed by atoms with Crippen LogP contribution < -0.4 is 9.47 Å². The number of pyridine rings is 1. The summed E-state index contributed by atoms with van der Waals surface area (Å²) in [5.74, 6) is 1.41. The van der Waals surface area contributed by atoms with E-state index < -0.39 is 0 Å². The highest BCUT2D eigenvalue weighted by molar-refractivity contribution is 5.94. The smallest absolute Gasteiger partial charge is 0.161 e. The number of ether oxygens (including phenoxy) is 2. The minimum Gasteiger partial charge on any atom is -0.497 e.